The summed E-state index contributed by atoms with van der Waals surface area (Å²) in [5, 5.41) is 11.4. The summed E-state index contributed by atoms with van der Waals surface area (Å²) >= 11 is 11.1. The Labute approximate surface area is 140 Å². The van der Waals surface area contributed by atoms with Gasteiger partial charge in [-0.1, -0.05) is 11.6 Å². The number of anilines is 1. The fourth-order valence-electron chi connectivity index (χ4n) is 1.96. The average molecular weight is 387 g/mol. The number of aliphatic carboxylic acids is 1. The van der Waals surface area contributed by atoms with Crippen molar-refractivity contribution in [2.45, 2.75) is 6.54 Å². The second-order valence-electron chi connectivity index (χ2n) is 4.49. The molecule has 1 N–H and O–H groups in total. The van der Waals surface area contributed by atoms with Crippen molar-refractivity contribution < 1.29 is 9.90 Å². The van der Waals surface area contributed by atoms with Gasteiger partial charge < -0.3 is 10.0 Å². The summed E-state index contributed by atoms with van der Waals surface area (Å²) in [6, 6.07) is 7.53. The Morgan fingerprint density at radius 1 is 1.48 bits per heavy atom. The number of hydrogen-bond acceptors (Lipinski definition) is 3. The van der Waals surface area contributed by atoms with Crippen LogP contribution in [-0.4, -0.2) is 18.1 Å². The molecule has 6 heteroatoms. The summed E-state index contributed by atoms with van der Waals surface area (Å²) in [7, 11) is 1.97. The van der Waals surface area contributed by atoms with E-state index in [0.29, 0.717) is 5.02 Å². The van der Waals surface area contributed by atoms with Crippen molar-refractivity contribution in [1.82, 2.24) is 0 Å². The SMILES string of the molecule is CN(Cc1csc(Br)c1)c1ccc(Cl)cc1/C=C/C(=O)O. The van der Waals surface area contributed by atoms with Crippen LogP contribution in [-0.2, 0) is 11.3 Å². The summed E-state index contributed by atoms with van der Waals surface area (Å²) in [5.41, 5.74) is 2.90. The zero-order chi connectivity index (χ0) is 15.4. The maximum Gasteiger partial charge on any atom is 0.328 e. The fourth-order valence-corrected chi connectivity index (χ4v) is 3.34. The minimum atomic E-state index is -0.981. The lowest BCUT2D eigenvalue weighted by atomic mass is 10.1. The molecule has 1 heterocycles. The van der Waals surface area contributed by atoms with Gasteiger partial charge in [-0.25, -0.2) is 4.79 Å². The third-order valence-electron chi connectivity index (χ3n) is 2.85. The Balaban J connectivity index is 2.27. The van der Waals surface area contributed by atoms with E-state index in [1.165, 1.54) is 5.56 Å². The van der Waals surface area contributed by atoms with Crippen molar-refractivity contribution in [3.8, 4) is 0 Å². The minimum Gasteiger partial charge on any atom is -0.478 e. The van der Waals surface area contributed by atoms with Crippen LogP contribution in [0.4, 0.5) is 5.69 Å². The number of carboxylic acids is 1. The first-order valence-corrected chi connectivity index (χ1v) is 8.15. The first-order valence-electron chi connectivity index (χ1n) is 6.10. The first-order chi connectivity index (χ1) is 9.95. The lowest BCUT2D eigenvalue weighted by molar-refractivity contribution is -0.131. The fraction of sp³-hybridized carbons (Fsp3) is 0.133. The van der Waals surface area contributed by atoms with Gasteiger partial charge in [-0.15, -0.1) is 11.3 Å². The highest BCUT2D eigenvalue weighted by Crippen LogP contribution is 2.28. The monoisotopic (exact) mass is 385 g/mol. The number of benzene rings is 1. The lowest BCUT2D eigenvalue weighted by Gasteiger charge is -2.21. The van der Waals surface area contributed by atoms with Crippen LogP contribution in [0.2, 0.25) is 5.02 Å². The highest BCUT2D eigenvalue weighted by Gasteiger charge is 2.08. The van der Waals surface area contributed by atoms with Gasteiger partial charge in [-0.05, 0) is 62.8 Å². The van der Waals surface area contributed by atoms with Crippen molar-refractivity contribution in [3.63, 3.8) is 0 Å². The van der Waals surface area contributed by atoms with Crippen molar-refractivity contribution in [2.75, 3.05) is 11.9 Å². The van der Waals surface area contributed by atoms with Crippen molar-refractivity contribution in [3.05, 3.63) is 55.7 Å². The lowest BCUT2D eigenvalue weighted by Crippen LogP contribution is -2.16. The van der Waals surface area contributed by atoms with Crippen LogP contribution >= 0.6 is 38.9 Å². The number of thiophene rings is 1. The molecule has 3 nitrogen and oxygen atoms in total. The van der Waals surface area contributed by atoms with E-state index in [4.69, 9.17) is 16.7 Å². The molecule has 0 bridgehead atoms. The van der Waals surface area contributed by atoms with Gasteiger partial charge in [0.1, 0.15) is 0 Å². The Kier molecular flexibility index (Phi) is 5.45. The van der Waals surface area contributed by atoms with Crippen LogP contribution in [0.3, 0.4) is 0 Å². The largest absolute Gasteiger partial charge is 0.478 e. The highest BCUT2D eigenvalue weighted by atomic mass is 79.9. The van der Waals surface area contributed by atoms with E-state index in [9.17, 15) is 4.79 Å². The van der Waals surface area contributed by atoms with Gasteiger partial charge in [-0.2, -0.15) is 0 Å². The number of rotatable bonds is 5. The molecular weight excluding hydrogens is 374 g/mol. The van der Waals surface area contributed by atoms with Gasteiger partial charge in [0.15, 0.2) is 0 Å². The molecule has 1 aromatic heterocycles. The quantitative estimate of drug-likeness (QED) is 0.743. The second kappa shape index (κ2) is 7.11. The molecule has 0 fully saturated rings. The van der Waals surface area contributed by atoms with E-state index < -0.39 is 5.97 Å². The van der Waals surface area contributed by atoms with E-state index in [0.717, 1.165) is 27.7 Å². The van der Waals surface area contributed by atoms with Crippen molar-refractivity contribution in [2.24, 2.45) is 0 Å². The normalized spacial score (nSPS) is 11.0. The summed E-state index contributed by atoms with van der Waals surface area (Å²) in [6.07, 6.45) is 2.67. The maximum atomic E-state index is 10.7. The minimum absolute atomic E-state index is 0.579. The molecule has 0 saturated heterocycles. The zero-order valence-corrected chi connectivity index (χ0v) is 14.4. The van der Waals surface area contributed by atoms with Gasteiger partial charge in [0, 0.05) is 30.4 Å². The molecule has 21 heavy (non-hydrogen) atoms. The van der Waals surface area contributed by atoms with Gasteiger partial charge >= 0.3 is 5.97 Å². The predicted octanol–water partition coefficient (Wildman–Crippen LogP) is 4.90. The van der Waals surface area contributed by atoms with Crippen LogP contribution in [0.25, 0.3) is 6.08 Å². The van der Waals surface area contributed by atoms with Gasteiger partial charge in [0.2, 0.25) is 0 Å². The molecule has 1 aromatic carbocycles. The van der Waals surface area contributed by atoms with Crippen molar-refractivity contribution >= 4 is 56.6 Å². The summed E-state index contributed by atoms with van der Waals surface area (Å²) in [6.45, 7) is 0.734. The molecule has 0 radical (unpaired) electrons. The molecule has 0 aliphatic heterocycles. The van der Waals surface area contributed by atoms with E-state index in [1.54, 1.807) is 29.5 Å². The van der Waals surface area contributed by atoms with Gasteiger partial charge in [-0.3, -0.25) is 0 Å². The predicted molar refractivity (Wildman–Crippen MR) is 92.2 cm³/mol. The molecule has 0 spiro atoms. The second-order valence-corrected chi connectivity index (χ2v) is 7.22. The molecule has 0 aliphatic carbocycles. The van der Waals surface area contributed by atoms with Crippen LogP contribution in [0, 0.1) is 0 Å². The zero-order valence-electron chi connectivity index (χ0n) is 11.2. The number of hydrogen-bond donors (Lipinski definition) is 1. The summed E-state index contributed by atoms with van der Waals surface area (Å²) < 4.78 is 1.09. The molecule has 0 aliphatic rings. The molecule has 0 amide bonds. The Morgan fingerprint density at radius 2 is 2.24 bits per heavy atom. The Morgan fingerprint density at radius 3 is 2.86 bits per heavy atom. The van der Waals surface area contributed by atoms with E-state index in [-0.39, 0.29) is 0 Å². The van der Waals surface area contributed by atoms with Crippen LogP contribution < -0.4 is 4.90 Å². The van der Waals surface area contributed by atoms with Crippen LogP contribution in [0.15, 0.2) is 39.5 Å². The molecule has 0 atom stereocenters. The molecule has 0 saturated carbocycles. The van der Waals surface area contributed by atoms with Crippen LogP contribution in [0.1, 0.15) is 11.1 Å². The average Bonchev–Trinajstić information content (AvgIpc) is 2.81. The number of carboxylic acid groups (broad SMARTS) is 1. The Bertz CT molecular complexity index is 684. The number of halogens is 2. The van der Waals surface area contributed by atoms with E-state index in [2.05, 4.69) is 32.3 Å². The van der Waals surface area contributed by atoms with Gasteiger partial charge in [0.25, 0.3) is 0 Å². The van der Waals surface area contributed by atoms with Crippen LogP contribution in [0.5, 0.6) is 0 Å². The summed E-state index contributed by atoms with van der Waals surface area (Å²) in [5.74, 6) is -0.981. The Hall–Kier alpha value is -1.30. The molecule has 2 aromatic rings. The maximum absolute atomic E-state index is 10.7. The topological polar surface area (TPSA) is 40.5 Å². The third kappa shape index (κ3) is 4.59. The van der Waals surface area contributed by atoms with Gasteiger partial charge in [0.05, 0.1) is 3.79 Å². The van der Waals surface area contributed by atoms with Crippen molar-refractivity contribution in [1.29, 1.82) is 0 Å². The van der Waals surface area contributed by atoms with E-state index in [1.807, 2.05) is 13.1 Å². The molecule has 0 unspecified atom stereocenters. The third-order valence-corrected chi connectivity index (χ3v) is 4.64. The number of carbonyl (C=O) groups is 1. The molecular formula is C15H13BrClNO2S. The standard InChI is InChI=1S/C15H13BrClNO2S/c1-18(8-10-6-14(16)21-9-10)13-4-3-12(17)7-11(13)2-5-15(19)20/h2-7,9H,8H2,1H3,(H,19,20)/b5-2+. The summed E-state index contributed by atoms with van der Waals surface area (Å²) in [4.78, 5) is 12.8. The smallest absolute Gasteiger partial charge is 0.328 e. The molecule has 2 rings (SSSR count). The van der Waals surface area contributed by atoms with E-state index >= 15 is 0 Å². The first kappa shape index (κ1) is 16.1. The number of nitrogens with zero attached hydrogens (tertiary/aromatic N) is 1. The molecule has 110 valence electrons. The highest BCUT2D eigenvalue weighted by molar-refractivity contribution is 9.11.